The summed E-state index contributed by atoms with van der Waals surface area (Å²) in [5.74, 6) is -0.671. The highest BCUT2D eigenvalue weighted by Gasteiger charge is 2.20. The number of aryl methyl sites for hydroxylation is 2. The summed E-state index contributed by atoms with van der Waals surface area (Å²) in [5.41, 5.74) is 1.25. The average molecular weight is 291 g/mol. The molecule has 21 heavy (non-hydrogen) atoms. The molecule has 1 heterocycles. The number of aromatic carboxylic acids is 1. The molecule has 0 spiro atoms. The predicted molar refractivity (Wildman–Crippen MR) is 73.4 cm³/mol. The molecule has 0 amide bonds. The molecule has 0 saturated heterocycles. The molecule has 0 bridgehead atoms. The Balaban J connectivity index is 2.24. The molecule has 2 rings (SSSR count). The Kier molecular flexibility index (Phi) is 3.88. The fourth-order valence-electron chi connectivity index (χ4n) is 1.92. The molecule has 0 atom stereocenters. The molecule has 0 aliphatic heterocycles. The Morgan fingerprint density at radius 1 is 1.48 bits per heavy atom. The number of nitrogens with one attached hydrogen (secondary N) is 1. The number of carboxylic acid groups (broad SMARTS) is 1. The van der Waals surface area contributed by atoms with Gasteiger partial charge in [-0.05, 0) is 26.0 Å². The lowest BCUT2D eigenvalue weighted by Gasteiger charge is -2.07. The fourth-order valence-corrected chi connectivity index (χ4v) is 1.92. The zero-order chi connectivity index (χ0) is 15.6. The molecule has 1 aromatic heterocycles. The number of aromatic nitrogens is 1. The Morgan fingerprint density at radius 3 is 2.71 bits per heavy atom. The van der Waals surface area contributed by atoms with Crippen LogP contribution in [0.1, 0.15) is 27.4 Å². The van der Waals surface area contributed by atoms with E-state index in [1.165, 1.54) is 18.2 Å². The number of carboxylic acids is 1. The van der Waals surface area contributed by atoms with Crippen molar-refractivity contribution in [3.63, 3.8) is 0 Å². The number of benzene rings is 1. The minimum Gasteiger partial charge on any atom is -0.477 e. The number of carbonyl (C=O) groups is 1. The van der Waals surface area contributed by atoms with E-state index in [4.69, 9.17) is 9.63 Å². The van der Waals surface area contributed by atoms with Crippen LogP contribution in [0.2, 0.25) is 0 Å². The van der Waals surface area contributed by atoms with Crippen LogP contribution in [0, 0.1) is 24.0 Å². The van der Waals surface area contributed by atoms with Crippen molar-refractivity contribution in [1.29, 1.82) is 0 Å². The van der Waals surface area contributed by atoms with E-state index in [1.54, 1.807) is 13.8 Å². The first kappa shape index (κ1) is 14.5. The van der Waals surface area contributed by atoms with Crippen molar-refractivity contribution in [2.45, 2.75) is 20.4 Å². The maximum Gasteiger partial charge on any atom is 0.342 e. The van der Waals surface area contributed by atoms with Gasteiger partial charge in [0, 0.05) is 23.9 Å². The molecule has 2 aromatic rings. The van der Waals surface area contributed by atoms with Gasteiger partial charge in [0.1, 0.15) is 11.3 Å². The zero-order valence-electron chi connectivity index (χ0n) is 11.4. The first-order valence-electron chi connectivity index (χ1n) is 6.07. The Bertz CT molecular complexity index is 688. The quantitative estimate of drug-likeness (QED) is 0.641. The van der Waals surface area contributed by atoms with E-state index in [2.05, 4.69) is 10.5 Å². The van der Waals surface area contributed by atoms with Gasteiger partial charge in [0.15, 0.2) is 0 Å². The number of nitrogens with zero attached hydrogens (tertiary/aromatic N) is 2. The van der Waals surface area contributed by atoms with Crippen LogP contribution in [0.4, 0.5) is 11.4 Å². The maximum absolute atomic E-state index is 10.9. The summed E-state index contributed by atoms with van der Waals surface area (Å²) >= 11 is 0. The second-order valence-electron chi connectivity index (χ2n) is 4.45. The topological polar surface area (TPSA) is 118 Å². The predicted octanol–water partition coefficient (Wildman–Crippen LogP) is 2.51. The molecule has 0 saturated carbocycles. The van der Waals surface area contributed by atoms with Gasteiger partial charge in [-0.2, -0.15) is 0 Å². The normalized spacial score (nSPS) is 10.4. The highest BCUT2D eigenvalue weighted by molar-refractivity contribution is 5.93. The van der Waals surface area contributed by atoms with Gasteiger partial charge in [-0.15, -0.1) is 0 Å². The van der Waals surface area contributed by atoms with Crippen molar-refractivity contribution in [2.24, 2.45) is 0 Å². The summed E-state index contributed by atoms with van der Waals surface area (Å²) in [5, 5.41) is 26.6. The van der Waals surface area contributed by atoms with Crippen LogP contribution in [-0.2, 0) is 6.54 Å². The third-order valence-electron chi connectivity index (χ3n) is 3.08. The van der Waals surface area contributed by atoms with Crippen LogP contribution in [-0.4, -0.2) is 21.2 Å². The Labute approximate surface area is 119 Å². The smallest absolute Gasteiger partial charge is 0.342 e. The molecule has 0 aliphatic rings. The molecule has 8 heteroatoms. The van der Waals surface area contributed by atoms with Crippen LogP contribution in [0.3, 0.4) is 0 Å². The first-order chi connectivity index (χ1) is 9.90. The average Bonchev–Trinajstić information content (AvgIpc) is 2.75. The van der Waals surface area contributed by atoms with Gasteiger partial charge >= 0.3 is 5.97 Å². The Morgan fingerprint density at radius 2 is 2.19 bits per heavy atom. The fraction of sp³-hybridized carbons (Fsp3) is 0.231. The number of hydrogen-bond donors (Lipinski definition) is 2. The molecule has 0 fully saturated rings. The molecule has 0 radical (unpaired) electrons. The van der Waals surface area contributed by atoms with Gasteiger partial charge in [0.25, 0.3) is 5.69 Å². The van der Waals surface area contributed by atoms with Crippen molar-refractivity contribution >= 4 is 17.3 Å². The number of rotatable bonds is 5. The summed E-state index contributed by atoms with van der Waals surface area (Å²) in [7, 11) is 0. The van der Waals surface area contributed by atoms with Crippen LogP contribution in [0.25, 0.3) is 0 Å². The third-order valence-corrected chi connectivity index (χ3v) is 3.08. The summed E-state index contributed by atoms with van der Waals surface area (Å²) in [6, 6.07) is 3.88. The monoisotopic (exact) mass is 291 g/mol. The molecular weight excluding hydrogens is 278 g/mol. The summed E-state index contributed by atoms with van der Waals surface area (Å²) in [4.78, 5) is 21.1. The van der Waals surface area contributed by atoms with Crippen molar-refractivity contribution in [1.82, 2.24) is 5.16 Å². The van der Waals surface area contributed by atoms with E-state index in [1.807, 2.05) is 0 Å². The maximum atomic E-state index is 10.9. The lowest BCUT2D eigenvalue weighted by Crippen LogP contribution is -2.05. The standard InChI is InChI=1S/C13H13N3O5/c1-7-11(8(2)21-15-7)6-14-9-3-4-10(13(17)18)12(5-9)16(19)20/h3-5,14H,6H2,1-2H3,(H,17,18). The summed E-state index contributed by atoms with van der Waals surface area (Å²) < 4.78 is 5.02. The number of nitro benzene ring substituents is 1. The minimum absolute atomic E-state index is 0.345. The van der Waals surface area contributed by atoms with Gasteiger partial charge in [-0.25, -0.2) is 4.79 Å². The second kappa shape index (κ2) is 5.61. The van der Waals surface area contributed by atoms with Crippen LogP contribution in [0.15, 0.2) is 22.7 Å². The van der Waals surface area contributed by atoms with Crippen molar-refractivity contribution in [3.8, 4) is 0 Å². The van der Waals surface area contributed by atoms with Gasteiger partial charge < -0.3 is 14.9 Å². The Hall–Kier alpha value is -2.90. The summed E-state index contributed by atoms with van der Waals surface area (Å²) in [6.45, 7) is 3.95. The van der Waals surface area contributed by atoms with Gasteiger partial charge in [-0.3, -0.25) is 10.1 Å². The van der Waals surface area contributed by atoms with E-state index < -0.39 is 16.6 Å². The molecule has 8 nitrogen and oxygen atoms in total. The largest absolute Gasteiger partial charge is 0.477 e. The molecule has 0 aliphatic carbocycles. The first-order valence-corrected chi connectivity index (χ1v) is 6.07. The second-order valence-corrected chi connectivity index (χ2v) is 4.45. The zero-order valence-corrected chi connectivity index (χ0v) is 11.4. The highest BCUT2D eigenvalue weighted by Crippen LogP contribution is 2.24. The third kappa shape index (κ3) is 2.99. The van der Waals surface area contributed by atoms with Crippen LogP contribution < -0.4 is 5.32 Å². The lowest BCUT2D eigenvalue weighted by molar-refractivity contribution is -0.385. The lowest BCUT2D eigenvalue weighted by atomic mass is 10.1. The molecule has 2 N–H and O–H groups in total. The molecule has 1 aromatic carbocycles. The van der Waals surface area contributed by atoms with E-state index in [9.17, 15) is 14.9 Å². The molecule has 0 unspecified atom stereocenters. The van der Waals surface area contributed by atoms with Crippen molar-refractivity contribution in [2.75, 3.05) is 5.32 Å². The minimum atomic E-state index is -1.33. The van der Waals surface area contributed by atoms with Gasteiger partial charge in [0.2, 0.25) is 0 Å². The number of anilines is 1. The van der Waals surface area contributed by atoms with Crippen LogP contribution in [0.5, 0.6) is 0 Å². The highest BCUT2D eigenvalue weighted by atomic mass is 16.6. The van der Waals surface area contributed by atoms with Gasteiger partial charge in [-0.1, -0.05) is 5.16 Å². The van der Waals surface area contributed by atoms with Gasteiger partial charge in [0.05, 0.1) is 10.6 Å². The summed E-state index contributed by atoms with van der Waals surface area (Å²) in [6.07, 6.45) is 0. The molecular formula is C13H13N3O5. The van der Waals surface area contributed by atoms with Crippen molar-refractivity contribution in [3.05, 3.63) is 50.9 Å². The SMILES string of the molecule is Cc1noc(C)c1CNc1ccc(C(=O)O)c([N+](=O)[O-])c1. The molecule has 110 valence electrons. The number of nitro groups is 1. The van der Waals surface area contributed by atoms with E-state index in [0.29, 0.717) is 18.0 Å². The number of hydrogen-bond acceptors (Lipinski definition) is 6. The van der Waals surface area contributed by atoms with E-state index in [0.717, 1.165) is 11.3 Å². The van der Waals surface area contributed by atoms with Crippen molar-refractivity contribution < 1.29 is 19.3 Å². The van der Waals surface area contributed by atoms with Crippen LogP contribution >= 0.6 is 0 Å². The van der Waals surface area contributed by atoms with E-state index in [-0.39, 0.29) is 5.56 Å². The van der Waals surface area contributed by atoms with E-state index >= 15 is 0 Å².